The fourth-order valence-corrected chi connectivity index (χ4v) is 3.05. The third kappa shape index (κ3) is 3.52. The molecular weight excluding hydrogens is 294 g/mol. The van der Waals surface area contributed by atoms with Gasteiger partial charge in [0.05, 0.1) is 16.5 Å². The van der Waals surface area contributed by atoms with E-state index in [1.807, 2.05) is 23.6 Å². The Morgan fingerprint density at radius 3 is 2.72 bits per heavy atom. The van der Waals surface area contributed by atoms with Crippen molar-refractivity contribution < 1.29 is 13.0 Å². The van der Waals surface area contributed by atoms with Gasteiger partial charge in [0.2, 0.25) is 0 Å². The molecule has 18 heavy (non-hydrogen) atoms. The molecule has 1 heterocycles. The molecule has 0 radical (unpaired) electrons. The van der Waals surface area contributed by atoms with Crippen LogP contribution in [-0.4, -0.2) is 23.7 Å². The van der Waals surface area contributed by atoms with Gasteiger partial charge in [-0.1, -0.05) is 29.8 Å². The SMILES string of the molecule is O=S(=O)(O)CCc1nc(-c2ccccc2Cl)cs1. The van der Waals surface area contributed by atoms with Crippen LogP contribution in [0.25, 0.3) is 11.3 Å². The van der Waals surface area contributed by atoms with Gasteiger partial charge in [-0.05, 0) is 6.07 Å². The molecule has 0 fully saturated rings. The predicted octanol–water partition coefficient (Wildman–Crippen LogP) is 2.89. The van der Waals surface area contributed by atoms with Gasteiger partial charge in [0, 0.05) is 22.4 Å². The second-order valence-electron chi connectivity index (χ2n) is 3.64. The summed E-state index contributed by atoms with van der Waals surface area (Å²) in [5, 5.41) is 3.08. The molecule has 1 aromatic heterocycles. The highest BCUT2D eigenvalue weighted by Gasteiger charge is 2.10. The molecule has 0 saturated carbocycles. The maximum absolute atomic E-state index is 10.6. The Kier molecular flexibility index (Phi) is 4.01. The average molecular weight is 304 g/mol. The average Bonchev–Trinajstić information content (AvgIpc) is 2.75. The van der Waals surface area contributed by atoms with Crippen LogP contribution in [0.3, 0.4) is 0 Å². The summed E-state index contributed by atoms with van der Waals surface area (Å²) < 4.78 is 30.0. The first kappa shape index (κ1) is 13.5. The summed E-state index contributed by atoms with van der Waals surface area (Å²) in [7, 11) is -3.95. The van der Waals surface area contributed by atoms with Gasteiger partial charge in [0.15, 0.2) is 0 Å². The normalized spacial score (nSPS) is 11.7. The third-order valence-electron chi connectivity index (χ3n) is 2.28. The van der Waals surface area contributed by atoms with Gasteiger partial charge >= 0.3 is 0 Å². The lowest BCUT2D eigenvalue weighted by Crippen LogP contribution is -2.06. The van der Waals surface area contributed by atoms with Crippen molar-refractivity contribution in [1.82, 2.24) is 4.98 Å². The van der Waals surface area contributed by atoms with Crippen LogP contribution in [0.4, 0.5) is 0 Å². The fraction of sp³-hybridized carbons (Fsp3) is 0.182. The lowest BCUT2D eigenvalue weighted by molar-refractivity contribution is 0.482. The quantitative estimate of drug-likeness (QED) is 0.882. The number of aryl methyl sites for hydroxylation is 1. The summed E-state index contributed by atoms with van der Waals surface area (Å²) in [4.78, 5) is 4.30. The molecule has 0 aliphatic rings. The summed E-state index contributed by atoms with van der Waals surface area (Å²) in [6, 6.07) is 7.31. The van der Waals surface area contributed by atoms with Gasteiger partial charge in [0.1, 0.15) is 0 Å². The maximum atomic E-state index is 10.6. The summed E-state index contributed by atoms with van der Waals surface area (Å²) in [6.45, 7) is 0. The number of rotatable bonds is 4. The van der Waals surface area contributed by atoms with E-state index in [1.54, 1.807) is 6.07 Å². The van der Waals surface area contributed by atoms with Gasteiger partial charge < -0.3 is 0 Å². The number of hydrogen-bond donors (Lipinski definition) is 1. The Hall–Kier alpha value is -0.950. The molecule has 2 rings (SSSR count). The molecule has 96 valence electrons. The zero-order valence-electron chi connectivity index (χ0n) is 9.21. The van der Waals surface area contributed by atoms with Gasteiger partial charge in [-0.25, -0.2) is 4.98 Å². The first-order valence-corrected chi connectivity index (χ1v) is 7.97. The molecular formula is C11H10ClNO3S2. The Balaban J connectivity index is 2.19. The topological polar surface area (TPSA) is 67.3 Å². The van der Waals surface area contributed by atoms with Crippen LogP contribution < -0.4 is 0 Å². The molecule has 7 heteroatoms. The summed E-state index contributed by atoms with van der Waals surface area (Å²) in [5.41, 5.74) is 1.53. The van der Waals surface area contributed by atoms with E-state index in [0.29, 0.717) is 10.0 Å². The molecule has 0 amide bonds. The summed E-state index contributed by atoms with van der Waals surface area (Å²) >= 11 is 7.39. The maximum Gasteiger partial charge on any atom is 0.265 e. The van der Waals surface area contributed by atoms with Crippen molar-refractivity contribution in [2.45, 2.75) is 6.42 Å². The molecule has 0 bridgehead atoms. The highest BCUT2D eigenvalue weighted by molar-refractivity contribution is 7.85. The number of aromatic nitrogens is 1. The summed E-state index contributed by atoms with van der Waals surface area (Å²) in [6.07, 6.45) is 0.202. The smallest absolute Gasteiger partial charge is 0.265 e. The predicted molar refractivity (Wildman–Crippen MR) is 72.7 cm³/mol. The molecule has 0 aliphatic heterocycles. The van der Waals surface area contributed by atoms with Crippen molar-refractivity contribution in [3.8, 4) is 11.3 Å². The lowest BCUT2D eigenvalue weighted by Gasteiger charge is -1.99. The van der Waals surface area contributed by atoms with E-state index in [1.165, 1.54) is 11.3 Å². The number of benzene rings is 1. The monoisotopic (exact) mass is 303 g/mol. The van der Waals surface area contributed by atoms with Crippen molar-refractivity contribution in [1.29, 1.82) is 0 Å². The first-order chi connectivity index (χ1) is 8.46. The highest BCUT2D eigenvalue weighted by Crippen LogP contribution is 2.28. The Morgan fingerprint density at radius 2 is 2.06 bits per heavy atom. The van der Waals surface area contributed by atoms with Gasteiger partial charge in [-0.3, -0.25) is 4.55 Å². The first-order valence-electron chi connectivity index (χ1n) is 5.10. The Labute approximate surface area is 114 Å². The minimum Gasteiger partial charge on any atom is -0.286 e. The van der Waals surface area contributed by atoms with Crippen LogP contribution in [0.5, 0.6) is 0 Å². The molecule has 2 aromatic rings. The van der Waals surface area contributed by atoms with Crippen molar-refractivity contribution in [2.24, 2.45) is 0 Å². The number of nitrogens with zero attached hydrogens (tertiary/aromatic N) is 1. The molecule has 0 spiro atoms. The minimum atomic E-state index is -3.95. The largest absolute Gasteiger partial charge is 0.286 e. The van der Waals surface area contributed by atoms with Crippen LogP contribution in [-0.2, 0) is 16.5 Å². The molecule has 1 N–H and O–H groups in total. The van der Waals surface area contributed by atoms with E-state index in [2.05, 4.69) is 4.98 Å². The van der Waals surface area contributed by atoms with Crippen molar-refractivity contribution in [3.63, 3.8) is 0 Å². The molecule has 1 aromatic carbocycles. The molecule has 0 atom stereocenters. The zero-order chi connectivity index (χ0) is 13.2. The fourth-order valence-electron chi connectivity index (χ4n) is 1.43. The lowest BCUT2D eigenvalue weighted by atomic mass is 10.2. The van der Waals surface area contributed by atoms with Gasteiger partial charge in [-0.2, -0.15) is 8.42 Å². The molecule has 0 aliphatic carbocycles. The van der Waals surface area contributed by atoms with Crippen LogP contribution in [0.2, 0.25) is 5.02 Å². The van der Waals surface area contributed by atoms with Crippen molar-refractivity contribution in [3.05, 3.63) is 39.7 Å². The van der Waals surface area contributed by atoms with E-state index in [4.69, 9.17) is 16.2 Å². The zero-order valence-corrected chi connectivity index (χ0v) is 11.6. The van der Waals surface area contributed by atoms with E-state index in [-0.39, 0.29) is 12.2 Å². The standard InChI is InChI=1S/C11H10ClNO3S2/c12-9-4-2-1-3-8(9)10-7-17-11(13-10)5-6-18(14,15)16/h1-4,7H,5-6H2,(H,14,15,16). The molecule has 0 saturated heterocycles. The molecule has 4 nitrogen and oxygen atoms in total. The highest BCUT2D eigenvalue weighted by atomic mass is 35.5. The second kappa shape index (κ2) is 5.36. The second-order valence-corrected chi connectivity index (χ2v) is 6.56. The van der Waals surface area contributed by atoms with Crippen LogP contribution in [0, 0.1) is 0 Å². The third-order valence-corrected chi connectivity index (χ3v) is 4.23. The van der Waals surface area contributed by atoms with E-state index >= 15 is 0 Å². The summed E-state index contributed by atoms with van der Waals surface area (Å²) in [5.74, 6) is -0.317. The molecule has 0 unspecified atom stereocenters. The van der Waals surface area contributed by atoms with Crippen molar-refractivity contribution in [2.75, 3.05) is 5.75 Å². The van der Waals surface area contributed by atoms with Gasteiger partial charge in [-0.15, -0.1) is 11.3 Å². The van der Waals surface area contributed by atoms with Crippen LogP contribution in [0.1, 0.15) is 5.01 Å². The van der Waals surface area contributed by atoms with Gasteiger partial charge in [0.25, 0.3) is 10.1 Å². The Morgan fingerprint density at radius 1 is 1.33 bits per heavy atom. The number of halogens is 1. The van der Waals surface area contributed by atoms with E-state index in [0.717, 1.165) is 11.3 Å². The van der Waals surface area contributed by atoms with Crippen LogP contribution in [0.15, 0.2) is 29.6 Å². The van der Waals surface area contributed by atoms with Crippen LogP contribution >= 0.6 is 22.9 Å². The van der Waals surface area contributed by atoms with E-state index < -0.39 is 10.1 Å². The van der Waals surface area contributed by atoms with Crippen molar-refractivity contribution >= 4 is 33.1 Å². The number of hydrogen-bond acceptors (Lipinski definition) is 4. The Bertz CT molecular complexity index is 652. The minimum absolute atomic E-state index is 0.202. The van der Waals surface area contributed by atoms with E-state index in [9.17, 15) is 8.42 Å². The number of thiazole rings is 1.